The number of hydroxylamine groups is 2. The number of hydrogen-bond donors (Lipinski definition) is 1. The van der Waals surface area contributed by atoms with Gasteiger partial charge >= 0.3 is 5.97 Å². The second kappa shape index (κ2) is 7.94. The fourth-order valence-corrected chi connectivity index (χ4v) is 2.54. The van der Waals surface area contributed by atoms with Gasteiger partial charge in [0.25, 0.3) is 0 Å². The van der Waals surface area contributed by atoms with E-state index in [1.54, 1.807) is 12.0 Å². The van der Waals surface area contributed by atoms with Crippen molar-refractivity contribution in [3.05, 3.63) is 35.9 Å². The maximum absolute atomic E-state index is 12.4. The molecule has 1 aromatic carbocycles. The van der Waals surface area contributed by atoms with Gasteiger partial charge in [-0.15, -0.1) is 5.06 Å². The lowest BCUT2D eigenvalue weighted by Gasteiger charge is -2.34. The third-order valence-electron chi connectivity index (χ3n) is 3.96. The molecule has 1 N–H and O–H groups in total. The van der Waals surface area contributed by atoms with Crippen LogP contribution in [0.15, 0.2) is 30.3 Å². The van der Waals surface area contributed by atoms with Gasteiger partial charge in [-0.3, -0.25) is 9.59 Å². The van der Waals surface area contributed by atoms with Gasteiger partial charge in [-0.2, -0.15) is 0 Å². The number of hydrogen-bond acceptors (Lipinski definition) is 4. The van der Waals surface area contributed by atoms with E-state index < -0.39 is 0 Å². The molecule has 120 valence electrons. The van der Waals surface area contributed by atoms with Crippen LogP contribution in [0.25, 0.3) is 0 Å². The quantitative estimate of drug-likeness (QED) is 0.908. The second-order valence-corrected chi connectivity index (χ2v) is 5.61. The normalized spacial score (nSPS) is 20.2. The highest BCUT2D eigenvalue weighted by Gasteiger charge is 2.28. The average molecular weight is 304 g/mol. The summed E-state index contributed by atoms with van der Waals surface area (Å²) in [6, 6.07) is 9.67. The van der Waals surface area contributed by atoms with Crippen molar-refractivity contribution in [2.75, 3.05) is 6.54 Å². The summed E-state index contributed by atoms with van der Waals surface area (Å²) in [6.45, 7) is 4.31. The predicted octanol–water partition coefficient (Wildman–Crippen LogP) is 2.59. The van der Waals surface area contributed by atoms with E-state index in [-0.39, 0.29) is 24.0 Å². The molecule has 0 saturated carbocycles. The molecule has 1 aliphatic heterocycles. The Morgan fingerprint density at radius 2 is 2.05 bits per heavy atom. The van der Waals surface area contributed by atoms with Gasteiger partial charge in [-0.25, -0.2) is 0 Å². The summed E-state index contributed by atoms with van der Waals surface area (Å²) < 4.78 is 0. The van der Waals surface area contributed by atoms with Gasteiger partial charge in [0.05, 0.1) is 5.92 Å². The van der Waals surface area contributed by atoms with Gasteiger partial charge in [-0.1, -0.05) is 37.3 Å². The van der Waals surface area contributed by atoms with E-state index >= 15 is 0 Å². The van der Waals surface area contributed by atoms with Crippen molar-refractivity contribution >= 4 is 11.9 Å². The van der Waals surface area contributed by atoms with Gasteiger partial charge in [0, 0.05) is 13.0 Å². The fraction of sp³-hybridized carbons (Fsp3) is 0.529. The Hall–Kier alpha value is -1.88. The molecule has 1 aliphatic rings. The molecule has 1 heterocycles. The average Bonchev–Trinajstić information content (AvgIpc) is 2.56. The number of nitrogens with one attached hydrogen (secondary N) is 1. The number of nitrogens with zero attached hydrogens (tertiary/aromatic N) is 1. The van der Waals surface area contributed by atoms with Crippen LogP contribution in [-0.4, -0.2) is 29.7 Å². The summed E-state index contributed by atoms with van der Waals surface area (Å²) in [5.41, 5.74) is 0.980. The van der Waals surface area contributed by atoms with E-state index in [0.29, 0.717) is 13.0 Å². The summed E-state index contributed by atoms with van der Waals surface area (Å²) in [4.78, 5) is 29.2. The lowest BCUT2D eigenvalue weighted by molar-refractivity contribution is -0.212. The Bertz CT molecular complexity index is 504. The first-order valence-corrected chi connectivity index (χ1v) is 7.94. The zero-order valence-corrected chi connectivity index (χ0v) is 13.2. The Labute approximate surface area is 131 Å². The minimum absolute atomic E-state index is 0.0457. The maximum atomic E-state index is 12.4. The summed E-state index contributed by atoms with van der Waals surface area (Å²) in [6.07, 6.45) is 2.88. The standard InChI is InChI=1S/C17H24N2O3/c1-3-16(20)22-19-12-8-7-11-15(19)18-17(21)13(2)14-9-5-4-6-10-14/h4-6,9-10,13,15H,3,7-8,11-12H2,1-2H3,(H,18,21). The predicted molar refractivity (Wildman–Crippen MR) is 83.7 cm³/mol. The number of carbonyl (C=O) groups is 2. The molecule has 0 spiro atoms. The molecule has 2 unspecified atom stereocenters. The van der Waals surface area contributed by atoms with Crippen molar-refractivity contribution in [2.24, 2.45) is 0 Å². The molecule has 0 radical (unpaired) electrons. The van der Waals surface area contributed by atoms with Crippen molar-refractivity contribution in [1.82, 2.24) is 10.4 Å². The number of piperidine rings is 1. The monoisotopic (exact) mass is 304 g/mol. The van der Waals surface area contributed by atoms with Gasteiger partial charge in [0.1, 0.15) is 6.17 Å². The molecule has 5 heteroatoms. The van der Waals surface area contributed by atoms with E-state index in [4.69, 9.17) is 4.84 Å². The molecule has 0 bridgehead atoms. The van der Waals surface area contributed by atoms with E-state index in [1.165, 1.54) is 0 Å². The minimum Gasteiger partial charge on any atom is -0.366 e. The van der Waals surface area contributed by atoms with Gasteiger partial charge in [0.2, 0.25) is 5.91 Å². The highest BCUT2D eigenvalue weighted by atomic mass is 16.7. The molecule has 1 amide bonds. The SMILES string of the molecule is CCC(=O)ON1CCCCC1NC(=O)C(C)c1ccccc1. The van der Waals surface area contributed by atoms with E-state index in [1.807, 2.05) is 37.3 Å². The van der Waals surface area contributed by atoms with Crippen LogP contribution in [0.2, 0.25) is 0 Å². The maximum Gasteiger partial charge on any atom is 0.324 e. The van der Waals surface area contributed by atoms with Crippen molar-refractivity contribution in [2.45, 2.75) is 51.6 Å². The largest absolute Gasteiger partial charge is 0.366 e. The van der Waals surface area contributed by atoms with Crippen molar-refractivity contribution < 1.29 is 14.4 Å². The molecule has 22 heavy (non-hydrogen) atoms. The lowest BCUT2D eigenvalue weighted by Crippen LogP contribution is -2.52. The molecule has 1 saturated heterocycles. The first-order valence-electron chi connectivity index (χ1n) is 7.94. The van der Waals surface area contributed by atoms with Crippen LogP contribution in [0.1, 0.15) is 51.0 Å². The summed E-state index contributed by atoms with van der Waals surface area (Å²) in [5.74, 6) is -0.542. The first kappa shape index (κ1) is 16.5. The summed E-state index contributed by atoms with van der Waals surface area (Å²) in [5, 5.41) is 4.62. The topological polar surface area (TPSA) is 58.6 Å². The van der Waals surface area contributed by atoms with Gasteiger partial charge in [-0.05, 0) is 31.7 Å². The lowest BCUT2D eigenvalue weighted by atomic mass is 10.00. The molecule has 1 aromatic rings. The molecule has 2 rings (SSSR count). The van der Waals surface area contributed by atoms with E-state index in [9.17, 15) is 9.59 Å². The van der Waals surface area contributed by atoms with E-state index in [2.05, 4.69) is 5.32 Å². The zero-order valence-electron chi connectivity index (χ0n) is 13.2. The van der Waals surface area contributed by atoms with Gasteiger partial charge < -0.3 is 10.2 Å². The number of benzene rings is 1. The number of carbonyl (C=O) groups excluding carboxylic acids is 2. The minimum atomic E-state index is -0.266. The molecular formula is C17H24N2O3. The first-order chi connectivity index (χ1) is 10.6. The smallest absolute Gasteiger partial charge is 0.324 e. The molecule has 0 aromatic heterocycles. The Kier molecular flexibility index (Phi) is 5.95. The summed E-state index contributed by atoms with van der Waals surface area (Å²) in [7, 11) is 0. The van der Waals surface area contributed by atoms with Crippen molar-refractivity contribution in [3.8, 4) is 0 Å². The van der Waals surface area contributed by atoms with Crippen LogP contribution >= 0.6 is 0 Å². The number of amides is 1. The Balaban J connectivity index is 1.97. The fourth-order valence-electron chi connectivity index (χ4n) is 2.54. The highest BCUT2D eigenvalue weighted by molar-refractivity contribution is 5.83. The van der Waals surface area contributed by atoms with Crippen LogP contribution < -0.4 is 5.32 Å². The van der Waals surface area contributed by atoms with E-state index in [0.717, 1.165) is 24.8 Å². The van der Waals surface area contributed by atoms with Crippen molar-refractivity contribution in [3.63, 3.8) is 0 Å². The molecular weight excluding hydrogens is 280 g/mol. The van der Waals surface area contributed by atoms with Crippen LogP contribution in [0, 0.1) is 0 Å². The molecule has 1 fully saturated rings. The Morgan fingerprint density at radius 3 is 2.73 bits per heavy atom. The number of rotatable bonds is 5. The second-order valence-electron chi connectivity index (χ2n) is 5.61. The highest BCUT2D eigenvalue weighted by Crippen LogP contribution is 2.19. The third-order valence-corrected chi connectivity index (χ3v) is 3.96. The van der Waals surface area contributed by atoms with Crippen LogP contribution in [0.4, 0.5) is 0 Å². The molecule has 5 nitrogen and oxygen atoms in total. The van der Waals surface area contributed by atoms with Crippen LogP contribution in [0.3, 0.4) is 0 Å². The van der Waals surface area contributed by atoms with Crippen LogP contribution in [-0.2, 0) is 14.4 Å². The molecule has 0 aliphatic carbocycles. The zero-order chi connectivity index (χ0) is 15.9. The Morgan fingerprint density at radius 1 is 1.32 bits per heavy atom. The van der Waals surface area contributed by atoms with Crippen LogP contribution in [0.5, 0.6) is 0 Å². The molecule has 2 atom stereocenters. The summed E-state index contributed by atoms with van der Waals surface area (Å²) >= 11 is 0. The third kappa shape index (κ3) is 4.31. The van der Waals surface area contributed by atoms with Gasteiger partial charge in [0.15, 0.2) is 0 Å². The van der Waals surface area contributed by atoms with Crippen molar-refractivity contribution in [1.29, 1.82) is 0 Å².